The molecule has 0 aliphatic carbocycles. The van der Waals surface area contributed by atoms with Crippen LogP contribution in [0.5, 0.6) is 0 Å². The van der Waals surface area contributed by atoms with Crippen LogP contribution in [0.25, 0.3) is 0 Å². The van der Waals surface area contributed by atoms with Gasteiger partial charge in [-0.3, -0.25) is 10.1 Å². The van der Waals surface area contributed by atoms with Crippen molar-refractivity contribution in [1.29, 1.82) is 0 Å². The van der Waals surface area contributed by atoms with Gasteiger partial charge in [-0.1, -0.05) is 0 Å². The van der Waals surface area contributed by atoms with Crippen LogP contribution in [0.2, 0.25) is 0 Å². The predicted octanol–water partition coefficient (Wildman–Crippen LogP) is 2.28. The molecule has 104 valence electrons. The molecule has 0 bridgehead atoms. The van der Waals surface area contributed by atoms with Crippen LogP contribution in [-0.4, -0.2) is 40.2 Å². The Bertz CT molecular complexity index is 363. The summed E-state index contributed by atoms with van der Waals surface area (Å²) in [5.41, 5.74) is 0.148. The summed E-state index contributed by atoms with van der Waals surface area (Å²) in [4.78, 5) is 12.2. The van der Waals surface area contributed by atoms with Gasteiger partial charge in [-0.05, 0) is 13.0 Å². The number of nitrogens with one attached hydrogen (secondary N) is 1. The average molecular weight is 384 g/mol. The number of amides is 1. The van der Waals surface area contributed by atoms with E-state index in [1.54, 1.807) is 0 Å². The summed E-state index contributed by atoms with van der Waals surface area (Å²) < 4.78 is 58.6. The molecule has 0 fully saturated rings. The zero-order valence-electron chi connectivity index (χ0n) is 9.19. The standard InChI is InChI=1S/C9H10F5IN2O/c1-5-2-6(16-3-8(10,11)12)17(7(5)18)4-9(13,14)15/h2,6,16H,3-4H2,1H3. The molecule has 1 heterocycles. The zero-order valence-corrected chi connectivity index (χ0v) is 11.3. The van der Waals surface area contributed by atoms with E-state index in [2.05, 4.69) is 0 Å². The zero-order chi connectivity index (χ0) is 14.1. The molecule has 3 nitrogen and oxygen atoms in total. The van der Waals surface area contributed by atoms with Crippen LogP contribution in [-0.2, 0) is 4.79 Å². The second-order valence-corrected chi connectivity index (χ2v) is 5.42. The Hall–Kier alpha value is -0.450. The fraction of sp³-hybridized carbons (Fsp3) is 0.667. The van der Waals surface area contributed by atoms with Gasteiger partial charge in [0.1, 0.15) is 6.17 Å². The average Bonchev–Trinajstić information content (AvgIpc) is 2.39. The van der Waals surface area contributed by atoms with E-state index < -0.39 is 35.3 Å². The van der Waals surface area contributed by atoms with E-state index in [1.165, 1.54) is 13.0 Å². The van der Waals surface area contributed by atoms with E-state index >= 15 is 0 Å². The molecular weight excluding hydrogens is 374 g/mol. The molecule has 1 aliphatic heterocycles. The van der Waals surface area contributed by atoms with Crippen LogP contribution in [0.1, 0.15) is 6.92 Å². The van der Waals surface area contributed by atoms with Gasteiger partial charge in [0.25, 0.3) is 5.91 Å². The fourth-order valence-corrected chi connectivity index (χ4v) is 1.87. The Morgan fingerprint density at radius 3 is 2.39 bits per heavy atom. The largest absolute Gasteiger partial charge is 0.401 e. The molecule has 0 saturated carbocycles. The van der Waals surface area contributed by atoms with Crippen LogP contribution < -0.4 is 5.32 Å². The lowest BCUT2D eigenvalue weighted by atomic mass is 10.3. The summed E-state index contributed by atoms with van der Waals surface area (Å²) in [5, 5.41) is 2.02. The molecule has 0 spiro atoms. The lowest BCUT2D eigenvalue weighted by Gasteiger charge is -2.27. The summed E-state index contributed by atoms with van der Waals surface area (Å²) in [6.45, 7) is -0.913. The Morgan fingerprint density at radius 2 is 1.94 bits per heavy atom. The van der Waals surface area contributed by atoms with E-state index in [4.69, 9.17) is 0 Å². The van der Waals surface area contributed by atoms with Gasteiger partial charge in [0, 0.05) is 28.2 Å². The van der Waals surface area contributed by atoms with Crippen molar-refractivity contribution < 1.29 is 26.7 Å². The lowest BCUT2D eigenvalue weighted by Crippen LogP contribution is -2.49. The first-order chi connectivity index (χ1) is 7.99. The first-order valence-corrected chi connectivity index (χ1v) is 5.94. The fourth-order valence-electron chi connectivity index (χ4n) is 1.50. The Kier molecular flexibility index (Phi) is 4.57. The minimum Gasteiger partial charge on any atom is -0.313 e. The minimum absolute atomic E-state index is 0.148. The quantitative estimate of drug-likeness (QED) is 0.459. The molecule has 0 radical (unpaired) electrons. The molecule has 9 heteroatoms. The van der Waals surface area contributed by atoms with Crippen molar-refractivity contribution in [2.75, 3.05) is 13.1 Å². The van der Waals surface area contributed by atoms with E-state index in [9.17, 15) is 26.7 Å². The molecular formula is C9H10F5IN2O. The Labute approximate surface area is 114 Å². The molecule has 1 atom stereocenters. The highest BCUT2D eigenvalue weighted by Crippen LogP contribution is 2.28. The van der Waals surface area contributed by atoms with Gasteiger partial charge in [-0.15, -0.1) is 0 Å². The highest BCUT2D eigenvalue weighted by atomic mass is 127. The number of alkyl halides is 6. The van der Waals surface area contributed by atoms with Crippen molar-refractivity contribution in [2.45, 2.75) is 23.2 Å². The molecule has 0 aromatic heterocycles. The molecule has 1 rings (SSSR count). The van der Waals surface area contributed by atoms with Crippen molar-refractivity contribution in [2.24, 2.45) is 0 Å². The maximum absolute atomic E-state index is 12.8. The number of hydrogen-bond acceptors (Lipinski definition) is 2. The van der Waals surface area contributed by atoms with Crippen molar-refractivity contribution in [3.63, 3.8) is 0 Å². The first-order valence-electron chi connectivity index (χ1n) is 4.86. The highest BCUT2D eigenvalue weighted by Gasteiger charge is 2.39. The maximum Gasteiger partial charge on any atom is 0.401 e. The molecule has 18 heavy (non-hydrogen) atoms. The topological polar surface area (TPSA) is 32.3 Å². The summed E-state index contributed by atoms with van der Waals surface area (Å²) in [5.74, 6) is -0.689. The number of hydrogen-bond donors (Lipinski definition) is 1. The van der Waals surface area contributed by atoms with Crippen molar-refractivity contribution >= 4 is 28.5 Å². The second-order valence-electron chi connectivity index (χ2n) is 3.84. The molecule has 0 saturated heterocycles. The van der Waals surface area contributed by atoms with Gasteiger partial charge in [0.15, 0.2) is 0 Å². The maximum atomic E-state index is 12.8. The van der Waals surface area contributed by atoms with E-state index in [-0.39, 0.29) is 5.57 Å². The normalized spacial score (nSPS) is 21.5. The van der Waals surface area contributed by atoms with Crippen molar-refractivity contribution in [1.82, 2.24) is 10.2 Å². The monoisotopic (exact) mass is 384 g/mol. The van der Waals surface area contributed by atoms with Crippen molar-refractivity contribution in [3.8, 4) is 0 Å². The van der Waals surface area contributed by atoms with Gasteiger partial charge < -0.3 is 4.90 Å². The molecule has 0 aromatic rings. The van der Waals surface area contributed by atoms with Gasteiger partial charge in [0.2, 0.25) is 0 Å². The molecule has 1 amide bonds. The summed E-state index contributed by atoms with van der Waals surface area (Å²) in [6.07, 6.45) is -4.41. The number of carbonyl (C=O) groups excluding carboxylic acids is 1. The van der Waals surface area contributed by atoms with Gasteiger partial charge in [0.05, 0.1) is 13.1 Å². The molecule has 1 unspecified atom stereocenters. The van der Waals surface area contributed by atoms with E-state index in [1.807, 2.05) is 5.32 Å². The predicted molar refractivity (Wildman–Crippen MR) is 62.3 cm³/mol. The lowest BCUT2D eigenvalue weighted by molar-refractivity contribution is -0.136. The number of rotatable bonds is 4. The van der Waals surface area contributed by atoms with E-state index in [0.29, 0.717) is 4.90 Å². The van der Waals surface area contributed by atoms with Crippen LogP contribution in [0.4, 0.5) is 22.0 Å². The van der Waals surface area contributed by atoms with Crippen LogP contribution in [0.3, 0.4) is 0 Å². The summed E-state index contributed by atoms with van der Waals surface area (Å²) in [6, 6.07) is 0. The second kappa shape index (κ2) is 5.27. The third-order valence-corrected chi connectivity index (χ3v) is 2.54. The van der Waals surface area contributed by atoms with Crippen molar-refractivity contribution in [3.05, 3.63) is 11.6 Å². The molecule has 1 N–H and O–H groups in total. The first kappa shape index (κ1) is 15.6. The van der Waals surface area contributed by atoms with Crippen LogP contribution >= 0.6 is 22.6 Å². The van der Waals surface area contributed by atoms with Gasteiger partial charge in [-0.2, -0.15) is 22.0 Å². The Balaban J connectivity index is 2.72. The van der Waals surface area contributed by atoms with Gasteiger partial charge >= 0.3 is 10.1 Å². The highest BCUT2D eigenvalue weighted by molar-refractivity contribution is 14.1. The summed E-state index contributed by atoms with van der Waals surface area (Å²) in [7, 11) is 0. The Morgan fingerprint density at radius 1 is 1.39 bits per heavy atom. The van der Waals surface area contributed by atoms with E-state index in [0.717, 1.165) is 22.6 Å². The number of carbonyl (C=O) groups is 1. The van der Waals surface area contributed by atoms with Crippen LogP contribution in [0, 0.1) is 0 Å². The SMILES string of the molecule is CC1=CC(NCC(F)(F)F)N(CC(F)(F)I)C1=O. The van der Waals surface area contributed by atoms with Crippen LogP contribution in [0.15, 0.2) is 11.6 Å². The minimum atomic E-state index is -4.47. The van der Waals surface area contributed by atoms with Gasteiger partial charge in [-0.25, -0.2) is 0 Å². The smallest absolute Gasteiger partial charge is 0.313 e. The number of halogens is 6. The molecule has 1 aliphatic rings. The molecule has 0 aromatic carbocycles. The third kappa shape index (κ3) is 4.67. The third-order valence-electron chi connectivity index (χ3n) is 2.20. The summed E-state index contributed by atoms with van der Waals surface area (Å²) >= 11 is 0.838. The number of nitrogens with zero attached hydrogens (tertiary/aromatic N) is 1.